The second kappa shape index (κ2) is 4.21. The highest BCUT2D eigenvalue weighted by atomic mass is 35.5. The second-order valence-corrected chi connectivity index (χ2v) is 4.25. The Labute approximate surface area is 93.6 Å². The van der Waals surface area contributed by atoms with Gasteiger partial charge in [0.15, 0.2) is 0 Å². The van der Waals surface area contributed by atoms with Gasteiger partial charge in [-0.25, -0.2) is 0 Å². The first-order chi connectivity index (χ1) is 7.16. The average Bonchev–Trinajstić information content (AvgIpc) is 2.86. The molecule has 15 heavy (non-hydrogen) atoms. The largest absolute Gasteiger partial charge is 0.351 e. The number of hydrogen-bond acceptors (Lipinski definition) is 2. The van der Waals surface area contributed by atoms with Gasteiger partial charge in [0.1, 0.15) is 0 Å². The van der Waals surface area contributed by atoms with E-state index in [-0.39, 0.29) is 18.0 Å². The quantitative estimate of drug-likeness (QED) is 0.808. The van der Waals surface area contributed by atoms with E-state index in [1.54, 1.807) is 6.07 Å². The molecule has 2 unspecified atom stereocenters. The number of halogens is 1. The molecule has 1 aromatic carbocycles. The van der Waals surface area contributed by atoms with E-state index < -0.39 is 0 Å². The number of nitrogens with one attached hydrogen (secondary N) is 1. The number of carbonyl (C=O) groups is 1. The summed E-state index contributed by atoms with van der Waals surface area (Å²) in [7, 11) is 0. The van der Waals surface area contributed by atoms with E-state index in [4.69, 9.17) is 17.3 Å². The van der Waals surface area contributed by atoms with Crippen molar-refractivity contribution in [1.29, 1.82) is 0 Å². The van der Waals surface area contributed by atoms with Crippen LogP contribution in [0, 0.1) is 0 Å². The Hall–Kier alpha value is -1.06. The normalized spacial score (nSPS) is 23.6. The summed E-state index contributed by atoms with van der Waals surface area (Å²) in [5, 5.41) is 3.49. The smallest absolute Gasteiger partial charge is 0.224 e. The molecular formula is C11H13ClN2O. The molecule has 4 heteroatoms. The first-order valence-electron chi connectivity index (χ1n) is 4.95. The summed E-state index contributed by atoms with van der Waals surface area (Å²) >= 11 is 5.94. The van der Waals surface area contributed by atoms with Crippen LogP contribution in [-0.2, 0) is 11.2 Å². The summed E-state index contributed by atoms with van der Waals surface area (Å²) in [6.45, 7) is 0. The maximum Gasteiger partial charge on any atom is 0.224 e. The van der Waals surface area contributed by atoms with Crippen molar-refractivity contribution in [3.05, 3.63) is 34.9 Å². The van der Waals surface area contributed by atoms with Crippen LogP contribution < -0.4 is 11.1 Å². The fourth-order valence-electron chi connectivity index (χ4n) is 1.45. The molecule has 1 saturated carbocycles. The minimum atomic E-state index is -0.0129. The van der Waals surface area contributed by atoms with Crippen molar-refractivity contribution in [2.75, 3.05) is 0 Å². The van der Waals surface area contributed by atoms with Crippen molar-refractivity contribution in [1.82, 2.24) is 5.32 Å². The van der Waals surface area contributed by atoms with Gasteiger partial charge in [0.25, 0.3) is 0 Å². The SMILES string of the molecule is NC1CC1NC(=O)Cc1ccccc1Cl. The number of amides is 1. The summed E-state index contributed by atoms with van der Waals surface area (Å²) in [5.74, 6) is -0.0129. The third kappa shape index (κ3) is 2.70. The van der Waals surface area contributed by atoms with Crippen molar-refractivity contribution in [2.24, 2.45) is 5.73 Å². The monoisotopic (exact) mass is 224 g/mol. The highest BCUT2D eigenvalue weighted by Crippen LogP contribution is 2.19. The van der Waals surface area contributed by atoms with Crippen molar-refractivity contribution in [3.8, 4) is 0 Å². The first-order valence-corrected chi connectivity index (χ1v) is 5.33. The predicted molar refractivity (Wildman–Crippen MR) is 59.7 cm³/mol. The zero-order chi connectivity index (χ0) is 10.8. The van der Waals surface area contributed by atoms with Crippen LogP contribution in [0.5, 0.6) is 0 Å². The third-order valence-corrected chi connectivity index (χ3v) is 2.86. The highest BCUT2D eigenvalue weighted by Gasteiger charge is 2.34. The Morgan fingerprint density at radius 1 is 1.53 bits per heavy atom. The first kappa shape index (κ1) is 10.5. The standard InChI is InChI=1S/C11H13ClN2O/c12-8-4-2-1-3-7(8)5-11(15)14-10-6-9(10)13/h1-4,9-10H,5-6,13H2,(H,14,15). The molecule has 0 saturated heterocycles. The van der Waals surface area contributed by atoms with Crippen molar-refractivity contribution in [2.45, 2.75) is 24.9 Å². The van der Waals surface area contributed by atoms with Gasteiger partial charge in [0, 0.05) is 17.1 Å². The molecular weight excluding hydrogens is 212 g/mol. The summed E-state index contributed by atoms with van der Waals surface area (Å²) in [6.07, 6.45) is 1.21. The number of hydrogen-bond donors (Lipinski definition) is 2. The van der Waals surface area contributed by atoms with E-state index in [0.29, 0.717) is 11.4 Å². The van der Waals surface area contributed by atoms with Gasteiger partial charge in [0.2, 0.25) is 5.91 Å². The van der Waals surface area contributed by atoms with E-state index >= 15 is 0 Å². The van der Waals surface area contributed by atoms with E-state index in [1.165, 1.54) is 0 Å². The van der Waals surface area contributed by atoms with Gasteiger partial charge >= 0.3 is 0 Å². The number of nitrogens with two attached hydrogens (primary N) is 1. The van der Waals surface area contributed by atoms with Gasteiger partial charge < -0.3 is 11.1 Å². The molecule has 1 aliphatic carbocycles. The van der Waals surface area contributed by atoms with Crippen molar-refractivity contribution in [3.63, 3.8) is 0 Å². The minimum absolute atomic E-state index is 0.0129. The Morgan fingerprint density at radius 3 is 2.80 bits per heavy atom. The van der Waals surface area contributed by atoms with Gasteiger partial charge in [-0.05, 0) is 18.1 Å². The molecule has 0 spiro atoms. The molecule has 2 atom stereocenters. The Bertz CT molecular complexity index is 381. The number of rotatable bonds is 3. The molecule has 80 valence electrons. The lowest BCUT2D eigenvalue weighted by atomic mass is 10.1. The van der Waals surface area contributed by atoms with Crippen LogP contribution in [0.3, 0.4) is 0 Å². The van der Waals surface area contributed by atoms with E-state index in [2.05, 4.69) is 5.32 Å². The third-order valence-electron chi connectivity index (χ3n) is 2.50. The van der Waals surface area contributed by atoms with E-state index in [0.717, 1.165) is 12.0 Å². The van der Waals surface area contributed by atoms with Crippen LogP contribution in [0.2, 0.25) is 5.02 Å². The Balaban J connectivity index is 1.91. The molecule has 1 aliphatic rings. The van der Waals surface area contributed by atoms with E-state index in [9.17, 15) is 4.79 Å². The summed E-state index contributed by atoms with van der Waals surface area (Å²) in [5.41, 5.74) is 6.45. The van der Waals surface area contributed by atoms with Crippen LogP contribution in [-0.4, -0.2) is 18.0 Å². The molecule has 1 amide bonds. The fraction of sp³-hybridized carbons (Fsp3) is 0.364. The summed E-state index contributed by atoms with van der Waals surface area (Å²) in [4.78, 5) is 11.5. The van der Waals surface area contributed by atoms with Crippen LogP contribution in [0.25, 0.3) is 0 Å². The molecule has 0 aliphatic heterocycles. The molecule has 2 rings (SSSR count). The molecule has 0 heterocycles. The summed E-state index contributed by atoms with van der Waals surface area (Å²) in [6, 6.07) is 7.67. The zero-order valence-electron chi connectivity index (χ0n) is 8.24. The molecule has 1 fully saturated rings. The van der Waals surface area contributed by atoms with Crippen LogP contribution in [0.15, 0.2) is 24.3 Å². The molecule has 0 bridgehead atoms. The van der Waals surface area contributed by atoms with Crippen molar-refractivity contribution < 1.29 is 4.79 Å². The topological polar surface area (TPSA) is 55.1 Å². The zero-order valence-corrected chi connectivity index (χ0v) is 9.00. The van der Waals surface area contributed by atoms with Gasteiger partial charge in [-0.2, -0.15) is 0 Å². The molecule has 3 N–H and O–H groups in total. The Morgan fingerprint density at radius 2 is 2.20 bits per heavy atom. The fourth-order valence-corrected chi connectivity index (χ4v) is 1.66. The molecule has 0 radical (unpaired) electrons. The maximum absolute atomic E-state index is 11.5. The molecule has 0 aromatic heterocycles. The van der Waals surface area contributed by atoms with E-state index in [1.807, 2.05) is 18.2 Å². The second-order valence-electron chi connectivity index (χ2n) is 3.84. The van der Waals surface area contributed by atoms with Crippen molar-refractivity contribution >= 4 is 17.5 Å². The van der Waals surface area contributed by atoms with Crippen LogP contribution >= 0.6 is 11.6 Å². The lowest BCUT2D eigenvalue weighted by Gasteiger charge is -2.05. The van der Waals surface area contributed by atoms with Crippen LogP contribution in [0.4, 0.5) is 0 Å². The van der Waals surface area contributed by atoms with Gasteiger partial charge in [0.05, 0.1) is 6.42 Å². The Kier molecular flexibility index (Phi) is 2.93. The average molecular weight is 225 g/mol. The van der Waals surface area contributed by atoms with Gasteiger partial charge in [-0.15, -0.1) is 0 Å². The number of benzene rings is 1. The predicted octanol–water partition coefficient (Wildman–Crippen LogP) is 1.10. The molecule has 1 aromatic rings. The van der Waals surface area contributed by atoms with Gasteiger partial charge in [-0.3, -0.25) is 4.79 Å². The van der Waals surface area contributed by atoms with Gasteiger partial charge in [-0.1, -0.05) is 29.8 Å². The maximum atomic E-state index is 11.5. The summed E-state index contributed by atoms with van der Waals surface area (Å²) < 4.78 is 0. The lowest BCUT2D eigenvalue weighted by Crippen LogP contribution is -2.30. The van der Waals surface area contributed by atoms with Crippen LogP contribution in [0.1, 0.15) is 12.0 Å². The minimum Gasteiger partial charge on any atom is -0.351 e. The molecule has 3 nitrogen and oxygen atoms in total. The number of carbonyl (C=O) groups excluding carboxylic acids is 1. The lowest BCUT2D eigenvalue weighted by molar-refractivity contribution is -0.120. The highest BCUT2D eigenvalue weighted by molar-refractivity contribution is 6.31.